The zero-order valence-electron chi connectivity index (χ0n) is 18.3. The average molecular weight is 452 g/mol. The van der Waals surface area contributed by atoms with E-state index in [4.69, 9.17) is 4.74 Å². The number of benzene rings is 1. The number of aryl methyl sites for hydroxylation is 2. The highest BCUT2D eigenvalue weighted by molar-refractivity contribution is 5.69. The first-order valence-corrected chi connectivity index (χ1v) is 10.1. The van der Waals surface area contributed by atoms with Gasteiger partial charge in [-0.3, -0.25) is 4.90 Å². The van der Waals surface area contributed by atoms with Crippen molar-refractivity contribution in [1.29, 1.82) is 5.26 Å². The van der Waals surface area contributed by atoms with E-state index in [0.29, 0.717) is 36.2 Å². The smallest absolute Gasteiger partial charge is 0.419 e. The largest absolute Gasteiger partial charge is 0.444 e. The second kappa shape index (κ2) is 8.45. The molecule has 2 heterocycles. The van der Waals surface area contributed by atoms with Gasteiger partial charge < -0.3 is 9.30 Å². The summed E-state index contributed by atoms with van der Waals surface area (Å²) in [5.74, 6) is -0.716. The lowest BCUT2D eigenvalue weighted by atomic mass is 9.98. The SMILES string of the molecule is Cc1nc(C#N)c2n1CCN(C(=O)OC(C)(C)C)C2CCc1ccc(C(F)(F)F)c(F)c1. The van der Waals surface area contributed by atoms with Gasteiger partial charge in [0, 0.05) is 13.1 Å². The maximum atomic E-state index is 14.0. The highest BCUT2D eigenvalue weighted by atomic mass is 19.4. The topological polar surface area (TPSA) is 71.2 Å². The summed E-state index contributed by atoms with van der Waals surface area (Å²) < 4.78 is 59.9. The monoisotopic (exact) mass is 452 g/mol. The molecule has 3 rings (SSSR count). The van der Waals surface area contributed by atoms with E-state index in [1.54, 1.807) is 27.7 Å². The van der Waals surface area contributed by atoms with Crippen LogP contribution in [0.2, 0.25) is 0 Å². The molecule has 0 saturated carbocycles. The summed E-state index contributed by atoms with van der Waals surface area (Å²) in [7, 11) is 0. The Kier molecular flexibility index (Phi) is 6.22. The molecule has 1 aliphatic rings. The van der Waals surface area contributed by atoms with E-state index in [2.05, 4.69) is 4.98 Å². The molecule has 1 aromatic carbocycles. The van der Waals surface area contributed by atoms with E-state index >= 15 is 0 Å². The molecule has 32 heavy (non-hydrogen) atoms. The van der Waals surface area contributed by atoms with Crippen LogP contribution in [0, 0.1) is 24.1 Å². The van der Waals surface area contributed by atoms with Crippen LogP contribution in [0.1, 0.15) is 61.6 Å². The van der Waals surface area contributed by atoms with Crippen LogP contribution in [0.5, 0.6) is 0 Å². The van der Waals surface area contributed by atoms with Gasteiger partial charge in [0.1, 0.15) is 23.3 Å². The van der Waals surface area contributed by atoms with Crippen LogP contribution in [0.15, 0.2) is 18.2 Å². The summed E-state index contributed by atoms with van der Waals surface area (Å²) in [5, 5.41) is 9.55. The summed E-state index contributed by atoms with van der Waals surface area (Å²) in [6.45, 7) is 7.73. The van der Waals surface area contributed by atoms with E-state index in [1.165, 1.54) is 11.0 Å². The Morgan fingerprint density at radius 2 is 1.97 bits per heavy atom. The average Bonchev–Trinajstić information content (AvgIpc) is 3.00. The third-order valence-corrected chi connectivity index (χ3v) is 5.23. The molecule has 0 radical (unpaired) electrons. The Balaban J connectivity index is 1.92. The number of imidazole rings is 1. The summed E-state index contributed by atoms with van der Waals surface area (Å²) >= 11 is 0. The molecule has 0 spiro atoms. The number of fused-ring (bicyclic) bond motifs is 1. The van der Waals surface area contributed by atoms with Crippen LogP contribution in [-0.4, -0.2) is 32.7 Å². The van der Waals surface area contributed by atoms with Gasteiger partial charge in [-0.15, -0.1) is 0 Å². The fourth-order valence-electron chi connectivity index (χ4n) is 3.87. The minimum atomic E-state index is -4.77. The summed E-state index contributed by atoms with van der Waals surface area (Å²) in [4.78, 5) is 18.6. The lowest BCUT2D eigenvalue weighted by Crippen LogP contribution is -2.45. The number of alkyl halides is 3. The Labute approximate surface area is 183 Å². The number of ether oxygens (including phenoxy) is 1. The van der Waals surface area contributed by atoms with Crippen LogP contribution in [0.3, 0.4) is 0 Å². The van der Waals surface area contributed by atoms with Crippen molar-refractivity contribution in [3.8, 4) is 6.07 Å². The molecule has 1 atom stereocenters. The summed E-state index contributed by atoms with van der Waals surface area (Å²) in [6.07, 6.45) is -4.89. The summed E-state index contributed by atoms with van der Waals surface area (Å²) in [6, 6.07) is 4.25. The second-order valence-corrected chi connectivity index (χ2v) is 8.70. The molecule has 1 amide bonds. The van der Waals surface area contributed by atoms with Gasteiger partial charge >= 0.3 is 12.3 Å². The highest BCUT2D eigenvalue weighted by Crippen LogP contribution is 2.35. The normalized spacial score (nSPS) is 16.5. The number of rotatable bonds is 3. The van der Waals surface area contributed by atoms with Crippen molar-refractivity contribution >= 4 is 6.09 Å². The number of aromatic nitrogens is 2. The van der Waals surface area contributed by atoms with Crippen LogP contribution in [0.4, 0.5) is 22.4 Å². The second-order valence-electron chi connectivity index (χ2n) is 8.70. The fraction of sp³-hybridized carbons (Fsp3) is 0.500. The maximum Gasteiger partial charge on any atom is 0.419 e. The van der Waals surface area contributed by atoms with Crippen molar-refractivity contribution in [2.75, 3.05) is 6.54 Å². The highest BCUT2D eigenvalue weighted by Gasteiger charge is 2.37. The molecule has 6 nitrogen and oxygen atoms in total. The Hall–Kier alpha value is -3.09. The molecule has 2 aromatic rings. The first-order chi connectivity index (χ1) is 14.8. The number of hydrogen-bond donors (Lipinski definition) is 0. The third kappa shape index (κ3) is 4.87. The van der Waals surface area contributed by atoms with E-state index in [1.807, 2.05) is 10.6 Å². The molecule has 0 fully saturated rings. The zero-order chi connectivity index (χ0) is 23.8. The van der Waals surface area contributed by atoms with Crippen molar-refractivity contribution in [3.63, 3.8) is 0 Å². The third-order valence-electron chi connectivity index (χ3n) is 5.23. The predicted octanol–water partition coefficient (Wildman–Crippen LogP) is 5.15. The Bertz CT molecular complexity index is 1060. The summed E-state index contributed by atoms with van der Waals surface area (Å²) in [5.41, 5.74) is -0.973. The molecule has 1 aromatic heterocycles. The van der Waals surface area contributed by atoms with Gasteiger partial charge in [0.2, 0.25) is 0 Å². The van der Waals surface area contributed by atoms with Crippen molar-refractivity contribution in [1.82, 2.24) is 14.5 Å². The maximum absolute atomic E-state index is 14.0. The van der Waals surface area contributed by atoms with Crippen LogP contribution in [-0.2, 0) is 23.9 Å². The first kappa shape index (κ1) is 23.6. The van der Waals surface area contributed by atoms with Crippen LogP contribution in [0.25, 0.3) is 0 Å². The van der Waals surface area contributed by atoms with Gasteiger partial charge in [0.05, 0.1) is 17.3 Å². The molecular weight excluding hydrogens is 428 g/mol. The van der Waals surface area contributed by atoms with E-state index < -0.39 is 35.3 Å². The molecule has 10 heteroatoms. The van der Waals surface area contributed by atoms with Crippen LogP contribution < -0.4 is 0 Å². The lowest BCUT2D eigenvalue weighted by molar-refractivity contribution is -0.140. The molecule has 0 saturated heterocycles. The quantitative estimate of drug-likeness (QED) is 0.604. The van der Waals surface area contributed by atoms with Gasteiger partial charge in [0.25, 0.3) is 0 Å². The Morgan fingerprint density at radius 3 is 2.53 bits per heavy atom. The number of nitriles is 1. The fourth-order valence-corrected chi connectivity index (χ4v) is 3.87. The molecule has 0 aliphatic carbocycles. The molecule has 0 bridgehead atoms. The standard InChI is InChI=1S/C22H24F4N4O2/c1-13-28-17(12-27)19-18(30(10-9-29(13)19)20(31)32-21(2,3)4)8-6-14-5-7-15(16(23)11-14)22(24,25)26/h5,7,11,18H,6,8-10H2,1-4H3. The number of halogens is 4. The number of carbonyl (C=O) groups excluding carboxylic acids is 1. The van der Waals surface area contributed by atoms with Crippen LogP contribution >= 0.6 is 0 Å². The van der Waals surface area contributed by atoms with Gasteiger partial charge in [0.15, 0.2) is 5.69 Å². The van der Waals surface area contributed by atoms with E-state index in [-0.39, 0.29) is 18.5 Å². The number of nitrogens with zero attached hydrogens (tertiary/aromatic N) is 4. The van der Waals surface area contributed by atoms with Crippen molar-refractivity contribution in [3.05, 3.63) is 52.4 Å². The van der Waals surface area contributed by atoms with Crippen molar-refractivity contribution < 1.29 is 27.1 Å². The molecule has 1 unspecified atom stereocenters. The molecular formula is C22H24F4N4O2. The predicted molar refractivity (Wildman–Crippen MR) is 107 cm³/mol. The lowest BCUT2D eigenvalue weighted by Gasteiger charge is -2.38. The van der Waals surface area contributed by atoms with Gasteiger partial charge in [-0.1, -0.05) is 6.07 Å². The minimum absolute atomic E-state index is 0.180. The van der Waals surface area contributed by atoms with Gasteiger partial charge in [-0.05, 0) is 58.2 Å². The van der Waals surface area contributed by atoms with Gasteiger partial charge in [-0.2, -0.15) is 18.4 Å². The molecule has 0 N–H and O–H groups in total. The zero-order valence-corrected chi connectivity index (χ0v) is 18.3. The molecule has 1 aliphatic heterocycles. The number of carbonyl (C=O) groups is 1. The van der Waals surface area contributed by atoms with Crippen molar-refractivity contribution in [2.45, 2.75) is 64.9 Å². The Morgan fingerprint density at radius 1 is 1.28 bits per heavy atom. The van der Waals surface area contributed by atoms with E-state index in [9.17, 15) is 27.6 Å². The van der Waals surface area contributed by atoms with Crippen molar-refractivity contribution in [2.24, 2.45) is 0 Å². The minimum Gasteiger partial charge on any atom is -0.444 e. The number of amides is 1. The molecule has 172 valence electrons. The van der Waals surface area contributed by atoms with E-state index in [0.717, 1.165) is 6.07 Å². The number of hydrogen-bond acceptors (Lipinski definition) is 4. The van der Waals surface area contributed by atoms with Gasteiger partial charge in [-0.25, -0.2) is 14.2 Å². The first-order valence-electron chi connectivity index (χ1n) is 10.1.